The van der Waals surface area contributed by atoms with Crippen LogP contribution >= 0.6 is 11.3 Å². The summed E-state index contributed by atoms with van der Waals surface area (Å²) in [6.07, 6.45) is 2.64. The summed E-state index contributed by atoms with van der Waals surface area (Å²) in [6, 6.07) is 0. The molecule has 1 atom stereocenters. The summed E-state index contributed by atoms with van der Waals surface area (Å²) in [5.41, 5.74) is 1.80. The average Bonchev–Trinajstić information content (AvgIpc) is 2.76. The summed E-state index contributed by atoms with van der Waals surface area (Å²) in [5.74, 6) is 1.01. The van der Waals surface area contributed by atoms with Gasteiger partial charge < -0.3 is 5.32 Å². The maximum Gasteiger partial charge on any atom is 0.150 e. The number of aromatic nitrogens is 1. The van der Waals surface area contributed by atoms with Crippen LogP contribution < -0.4 is 5.32 Å². The van der Waals surface area contributed by atoms with E-state index in [1.165, 1.54) is 4.88 Å². The van der Waals surface area contributed by atoms with Crippen molar-refractivity contribution in [3.05, 3.63) is 16.6 Å². The van der Waals surface area contributed by atoms with E-state index >= 15 is 0 Å². The predicted molar refractivity (Wildman–Crippen MR) is 60.6 cm³/mol. The third-order valence-corrected chi connectivity index (χ3v) is 5.16. The van der Waals surface area contributed by atoms with E-state index in [0.717, 1.165) is 19.5 Å². The molecule has 6 heteroatoms. The molecule has 2 heterocycles. The van der Waals surface area contributed by atoms with Crippen LogP contribution in [0, 0.1) is 5.92 Å². The van der Waals surface area contributed by atoms with Crippen LogP contribution in [0.4, 0.5) is 0 Å². The fourth-order valence-electron chi connectivity index (χ4n) is 1.76. The summed E-state index contributed by atoms with van der Waals surface area (Å²) >= 11 is 1.61. The first-order chi connectivity index (χ1) is 7.16. The van der Waals surface area contributed by atoms with Gasteiger partial charge in [-0.1, -0.05) is 0 Å². The molecule has 0 saturated carbocycles. The Kier molecular flexibility index (Phi) is 3.38. The average molecular weight is 246 g/mol. The van der Waals surface area contributed by atoms with Gasteiger partial charge in [0, 0.05) is 17.6 Å². The van der Waals surface area contributed by atoms with Crippen LogP contribution in [0.25, 0.3) is 0 Å². The van der Waals surface area contributed by atoms with E-state index in [2.05, 4.69) is 10.3 Å². The highest BCUT2D eigenvalue weighted by Crippen LogP contribution is 2.17. The number of thiazole rings is 1. The van der Waals surface area contributed by atoms with Gasteiger partial charge in [0.25, 0.3) is 0 Å². The van der Waals surface area contributed by atoms with Crippen LogP contribution in [-0.2, 0) is 16.4 Å². The van der Waals surface area contributed by atoms with Crippen molar-refractivity contribution in [2.45, 2.75) is 13.0 Å². The normalized spacial score (nSPS) is 24.4. The molecule has 15 heavy (non-hydrogen) atoms. The standard InChI is InChI=1S/C9H14N2O2S2/c12-15(13)2-1-8(6-15)3-10-4-9-5-11-7-14-9/h5,7-8,10H,1-4,6H2. The highest BCUT2D eigenvalue weighted by atomic mass is 32.2. The summed E-state index contributed by atoms with van der Waals surface area (Å²) in [7, 11) is -2.73. The van der Waals surface area contributed by atoms with Crippen molar-refractivity contribution in [1.29, 1.82) is 0 Å². The second kappa shape index (κ2) is 4.59. The first-order valence-electron chi connectivity index (χ1n) is 4.94. The summed E-state index contributed by atoms with van der Waals surface area (Å²) in [5, 5.41) is 3.27. The first kappa shape index (κ1) is 11.0. The van der Waals surface area contributed by atoms with Crippen molar-refractivity contribution in [1.82, 2.24) is 10.3 Å². The minimum absolute atomic E-state index is 0.294. The number of hydrogen-bond acceptors (Lipinski definition) is 5. The Bertz CT molecular complexity index is 400. The lowest BCUT2D eigenvalue weighted by Gasteiger charge is -2.07. The third-order valence-electron chi connectivity index (χ3n) is 2.54. The van der Waals surface area contributed by atoms with Gasteiger partial charge in [-0.15, -0.1) is 11.3 Å². The molecular formula is C9H14N2O2S2. The number of rotatable bonds is 4. The molecule has 0 aromatic carbocycles. The van der Waals surface area contributed by atoms with E-state index in [0.29, 0.717) is 17.4 Å². The monoisotopic (exact) mass is 246 g/mol. The van der Waals surface area contributed by atoms with Gasteiger partial charge in [-0.05, 0) is 18.9 Å². The molecule has 1 fully saturated rings. The van der Waals surface area contributed by atoms with Crippen molar-refractivity contribution in [2.75, 3.05) is 18.1 Å². The molecule has 0 bridgehead atoms. The maximum absolute atomic E-state index is 11.2. The molecule has 0 spiro atoms. The lowest BCUT2D eigenvalue weighted by atomic mass is 10.1. The van der Waals surface area contributed by atoms with Gasteiger partial charge in [0.05, 0.1) is 17.0 Å². The number of nitrogens with one attached hydrogen (secondary N) is 1. The molecule has 84 valence electrons. The lowest BCUT2D eigenvalue weighted by molar-refractivity contribution is 0.522. The second-order valence-corrected chi connectivity index (χ2v) is 7.07. The fraction of sp³-hybridized carbons (Fsp3) is 0.667. The fourth-order valence-corrected chi connectivity index (χ4v) is 4.19. The van der Waals surface area contributed by atoms with Crippen molar-refractivity contribution in [3.63, 3.8) is 0 Å². The number of nitrogens with zero attached hydrogens (tertiary/aromatic N) is 1. The van der Waals surface area contributed by atoms with Crippen molar-refractivity contribution < 1.29 is 8.42 Å². The largest absolute Gasteiger partial charge is 0.311 e. The van der Waals surface area contributed by atoms with Gasteiger partial charge in [0.1, 0.15) is 0 Å². The van der Waals surface area contributed by atoms with E-state index in [9.17, 15) is 8.42 Å². The zero-order chi connectivity index (χ0) is 10.7. The van der Waals surface area contributed by atoms with Gasteiger partial charge >= 0.3 is 0 Å². The molecule has 4 nitrogen and oxygen atoms in total. The molecule has 2 rings (SSSR count). The van der Waals surface area contributed by atoms with Crippen molar-refractivity contribution in [3.8, 4) is 0 Å². The van der Waals surface area contributed by atoms with Crippen molar-refractivity contribution >= 4 is 21.2 Å². The van der Waals surface area contributed by atoms with Crippen LogP contribution in [0.1, 0.15) is 11.3 Å². The number of hydrogen-bond donors (Lipinski definition) is 1. The smallest absolute Gasteiger partial charge is 0.150 e. The Morgan fingerprint density at radius 2 is 2.47 bits per heavy atom. The van der Waals surface area contributed by atoms with E-state index < -0.39 is 9.84 Å². The Hall–Kier alpha value is -0.460. The van der Waals surface area contributed by atoms with Gasteiger partial charge in [-0.3, -0.25) is 4.98 Å². The maximum atomic E-state index is 11.2. The molecular weight excluding hydrogens is 232 g/mol. The highest BCUT2D eigenvalue weighted by Gasteiger charge is 2.27. The first-order valence-corrected chi connectivity index (χ1v) is 7.64. The highest BCUT2D eigenvalue weighted by molar-refractivity contribution is 7.91. The van der Waals surface area contributed by atoms with E-state index in [1.54, 1.807) is 16.8 Å². The minimum atomic E-state index is -2.73. The van der Waals surface area contributed by atoms with Gasteiger partial charge in [-0.25, -0.2) is 8.42 Å². The third kappa shape index (κ3) is 3.25. The molecule has 0 aliphatic carbocycles. The Morgan fingerprint density at radius 3 is 3.07 bits per heavy atom. The van der Waals surface area contributed by atoms with Crippen molar-refractivity contribution in [2.24, 2.45) is 5.92 Å². The molecule has 1 saturated heterocycles. The second-order valence-electron chi connectivity index (χ2n) is 3.87. The van der Waals surface area contributed by atoms with E-state index in [1.807, 2.05) is 6.20 Å². The Balaban J connectivity index is 1.71. The van der Waals surface area contributed by atoms with Crippen LogP contribution in [0.5, 0.6) is 0 Å². The molecule has 1 aromatic rings. The van der Waals surface area contributed by atoms with Gasteiger partial charge in [0.2, 0.25) is 0 Å². The molecule has 1 aliphatic heterocycles. The van der Waals surface area contributed by atoms with E-state index in [4.69, 9.17) is 0 Å². The zero-order valence-corrected chi connectivity index (χ0v) is 9.98. The molecule has 0 amide bonds. The lowest BCUT2D eigenvalue weighted by Crippen LogP contribution is -2.22. The SMILES string of the molecule is O=S1(=O)CCC(CNCc2cncs2)C1. The van der Waals surface area contributed by atoms with Gasteiger partial charge in [0.15, 0.2) is 9.84 Å². The van der Waals surface area contributed by atoms with Crippen LogP contribution in [-0.4, -0.2) is 31.5 Å². The summed E-state index contributed by atoms with van der Waals surface area (Å²) in [6.45, 7) is 1.58. The van der Waals surface area contributed by atoms with Crippen LogP contribution in [0.15, 0.2) is 11.7 Å². The van der Waals surface area contributed by atoms with Crippen LogP contribution in [0.2, 0.25) is 0 Å². The minimum Gasteiger partial charge on any atom is -0.311 e. The molecule has 1 N–H and O–H groups in total. The molecule has 1 unspecified atom stereocenters. The number of sulfone groups is 1. The Morgan fingerprint density at radius 1 is 1.60 bits per heavy atom. The van der Waals surface area contributed by atoms with Crippen LogP contribution in [0.3, 0.4) is 0 Å². The topological polar surface area (TPSA) is 59.1 Å². The Labute approximate surface area is 93.7 Å². The summed E-state index contributed by atoms with van der Waals surface area (Å²) in [4.78, 5) is 5.17. The predicted octanol–water partition coefficient (Wildman–Crippen LogP) is 0.667. The van der Waals surface area contributed by atoms with Gasteiger partial charge in [-0.2, -0.15) is 0 Å². The zero-order valence-electron chi connectivity index (χ0n) is 8.35. The van der Waals surface area contributed by atoms with E-state index in [-0.39, 0.29) is 0 Å². The quantitative estimate of drug-likeness (QED) is 0.848. The summed E-state index contributed by atoms with van der Waals surface area (Å²) < 4.78 is 22.4. The molecule has 1 aromatic heterocycles. The molecule has 0 radical (unpaired) electrons. The molecule has 1 aliphatic rings.